The zero-order valence-electron chi connectivity index (χ0n) is 64.8. The summed E-state index contributed by atoms with van der Waals surface area (Å²) in [4.78, 5) is 72.9. The third kappa shape index (κ3) is 74.1. The number of aliphatic hydroxyl groups is 1. The Morgan fingerprint density at radius 3 is 0.687 bits per heavy atom. The first-order valence-corrected chi connectivity index (χ1v) is 44.5. The zero-order chi connectivity index (χ0) is 72.8. The monoisotopic (exact) mass is 1450 g/mol. The first-order chi connectivity index (χ1) is 47.9. The summed E-state index contributed by atoms with van der Waals surface area (Å²) in [5, 5.41) is 10.6. The van der Waals surface area contributed by atoms with Gasteiger partial charge in [-0.25, -0.2) is 9.13 Å². The summed E-state index contributed by atoms with van der Waals surface area (Å²) in [6.45, 7) is 9.62. The van der Waals surface area contributed by atoms with E-state index in [-0.39, 0.29) is 25.7 Å². The third-order valence-electron chi connectivity index (χ3n) is 18.7. The summed E-state index contributed by atoms with van der Waals surface area (Å²) in [6.07, 6.45) is 61.1. The van der Waals surface area contributed by atoms with E-state index < -0.39 is 97.5 Å². The van der Waals surface area contributed by atoms with E-state index in [0.717, 1.165) is 102 Å². The van der Waals surface area contributed by atoms with Gasteiger partial charge >= 0.3 is 39.5 Å². The van der Waals surface area contributed by atoms with Crippen LogP contribution in [0.5, 0.6) is 0 Å². The fourth-order valence-electron chi connectivity index (χ4n) is 12.4. The first-order valence-electron chi connectivity index (χ1n) is 41.5. The van der Waals surface area contributed by atoms with E-state index >= 15 is 0 Å². The second kappa shape index (κ2) is 71.7. The topological polar surface area (TPSA) is 237 Å². The molecule has 0 bridgehead atoms. The molecule has 0 saturated carbocycles. The number of unbranched alkanes of at least 4 members (excludes halogenated alkanes) is 49. The van der Waals surface area contributed by atoms with Gasteiger partial charge in [0.05, 0.1) is 26.4 Å². The van der Waals surface area contributed by atoms with Gasteiger partial charge in [0.15, 0.2) is 12.2 Å². The molecule has 0 amide bonds. The van der Waals surface area contributed by atoms with Crippen molar-refractivity contribution >= 4 is 39.5 Å². The highest BCUT2D eigenvalue weighted by Crippen LogP contribution is 2.45. The molecule has 0 radical (unpaired) electrons. The minimum Gasteiger partial charge on any atom is -0.462 e. The van der Waals surface area contributed by atoms with Crippen LogP contribution in [0.15, 0.2) is 0 Å². The van der Waals surface area contributed by atoms with Crippen molar-refractivity contribution in [3.05, 3.63) is 0 Å². The van der Waals surface area contributed by atoms with Crippen LogP contribution in [0.4, 0.5) is 0 Å². The number of hydrogen-bond acceptors (Lipinski definition) is 15. The van der Waals surface area contributed by atoms with Gasteiger partial charge in [-0.1, -0.05) is 369 Å². The molecule has 0 saturated heterocycles. The molecule has 0 fully saturated rings. The van der Waals surface area contributed by atoms with Gasteiger partial charge in [0.25, 0.3) is 0 Å². The van der Waals surface area contributed by atoms with Gasteiger partial charge in [-0.3, -0.25) is 37.3 Å². The van der Waals surface area contributed by atoms with E-state index in [1.165, 1.54) is 238 Å². The van der Waals surface area contributed by atoms with E-state index in [4.69, 9.17) is 37.0 Å². The highest BCUT2D eigenvalue weighted by Gasteiger charge is 2.30. The second-order valence-electron chi connectivity index (χ2n) is 29.8. The lowest BCUT2D eigenvalue weighted by Crippen LogP contribution is -2.30. The van der Waals surface area contributed by atoms with Crippen LogP contribution >= 0.6 is 15.6 Å². The molecule has 0 aliphatic rings. The van der Waals surface area contributed by atoms with Crippen LogP contribution in [-0.2, 0) is 65.4 Å². The van der Waals surface area contributed by atoms with Crippen molar-refractivity contribution in [1.29, 1.82) is 0 Å². The first kappa shape index (κ1) is 97.1. The Hall–Kier alpha value is -1.94. The van der Waals surface area contributed by atoms with E-state index in [9.17, 15) is 43.2 Å². The maximum absolute atomic E-state index is 13.1. The number of phosphoric ester groups is 2. The van der Waals surface area contributed by atoms with E-state index in [0.29, 0.717) is 25.7 Å². The fourth-order valence-corrected chi connectivity index (χ4v) is 13.9. The fraction of sp³-hybridized carbons (Fsp3) is 0.950. The highest BCUT2D eigenvalue weighted by molar-refractivity contribution is 7.47. The van der Waals surface area contributed by atoms with Crippen LogP contribution in [0, 0.1) is 11.8 Å². The summed E-state index contributed by atoms with van der Waals surface area (Å²) in [5.41, 5.74) is 0. The Balaban J connectivity index is 5.21. The molecule has 19 heteroatoms. The molecular weight excluding hydrogens is 1290 g/mol. The Kier molecular flexibility index (Phi) is 70.3. The highest BCUT2D eigenvalue weighted by atomic mass is 31.2. The van der Waals surface area contributed by atoms with Gasteiger partial charge in [0, 0.05) is 25.7 Å². The summed E-state index contributed by atoms with van der Waals surface area (Å²) in [7, 11) is -9.92. The number of rotatable bonds is 79. The number of carbonyl (C=O) groups is 4. The molecule has 0 heterocycles. The van der Waals surface area contributed by atoms with Crippen LogP contribution in [-0.4, -0.2) is 96.7 Å². The molecule has 0 aromatic carbocycles. The average molecular weight is 1450 g/mol. The Labute approximate surface area is 607 Å². The largest absolute Gasteiger partial charge is 0.472 e. The molecule has 0 aromatic rings. The van der Waals surface area contributed by atoms with Crippen molar-refractivity contribution in [3.63, 3.8) is 0 Å². The molecule has 3 N–H and O–H groups in total. The quantitative estimate of drug-likeness (QED) is 0.0222. The minimum atomic E-state index is -4.96. The van der Waals surface area contributed by atoms with Crippen LogP contribution in [0.2, 0.25) is 0 Å². The van der Waals surface area contributed by atoms with Gasteiger partial charge in [0.2, 0.25) is 0 Å². The lowest BCUT2D eigenvalue weighted by atomic mass is 10.0. The normalized spacial score (nSPS) is 13.9. The van der Waals surface area contributed by atoms with Crippen molar-refractivity contribution in [2.75, 3.05) is 39.6 Å². The van der Waals surface area contributed by atoms with Crippen molar-refractivity contribution in [2.45, 2.75) is 439 Å². The summed E-state index contributed by atoms with van der Waals surface area (Å²) in [6, 6.07) is 0. The molecule has 5 atom stereocenters. The predicted octanol–water partition coefficient (Wildman–Crippen LogP) is 23.9. The number of esters is 4. The lowest BCUT2D eigenvalue weighted by Gasteiger charge is -2.21. The van der Waals surface area contributed by atoms with E-state index in [1.54, 1.807) is 0 Å². The number of ether oxygens (including phenoxy) is 4. The number of hydrogen-bond donors (Lipinski definition) is 3. The number of carbonyl (C=O) groups excluding carboxylic acids is 4. The Morgan fingerprint density at radius 1 is 0.273 bits per heavy atom. The smallest absolute Gasteiger partial charge is 0.462 e. The van der Waals surface area contributed by atoms with Gasteiger partial charge in [-0.2, -0.15) is 0 Å². The summed E-state index contributed by atoms with van der Waals surface area (Å²) < 4.78 is 68.6. The number of phosphoric acid groups is 2. The standard InChI is InChI=1S/C80H156O17P2/c1-7-9-11-13-15-17-18-19-20-21-22-23-24-25-30-33-40-46-52-58-64-79(84)96-76(69-91-78(83)63-57-51-45-39-32-29-27-26-28-31-37-42-48-54-60-72(3)4)71-95-99(88,89)93-67-74(81)66-92-98(86,87)94-70-75(68-90-77(82)62-56-50-44-36-16-14-12-10-8-2)97-80(85)65-59-53-47-41-35-34-38-43-49-55-61-73(5)6/h72-76,81H,7-71H2,1-6H3,(H,86,87)(H,88,89)/t74-,75+,76+/m0/s1. The Morgan fingerprint density at radius 2 is 0.465 bits per heavy atom. The molecule has 0 aliphatic carbocycles. The van der Waals surface area contributed by atoms with E-state index in [1.807, 2.05) is 0 Å². The lowest BCUT2D eigenvalue weighted by molar-refractivity contribution is -0.161. The Bertz CT molecular complexity index is 1910. The van der Waals surface area contributed by atoms with Gasteiger partial charge in [-0.15, -0.1) is 0 Å². The van der Waals surface area contributed by atoms with Crippen molar-refractivity contribution in [3.8, 4) is 0 Å². The number of aliphatic hydroxyl groups excluding tert-OH is 1. The summed E-state index contributed by atoms with van der Waals surface area (Å²) in [5.74, 6) is -0.560. The van der Waals surface area contributed by atoms with Crippen LogP contribution < -0.4 is 0 Å². The molecular formula is C80H156O17P2. The molecule has 0 spiro atoms. The van der Waals surface area contributed by atoms with E-state index in [2.05, 4.69) is 41.5 Å². The molecule has 0 rings (SSSR count). The zero-order valence-corrected chi connectivity index (χ0v) is 66.6. The van der Waals surface area contributed by atoms with Gasteiger partial charge in [0.1, 0.15) is 19.3 Å². The molecule has 588 valence electrons. The molecule has 0 aliphatic heterocycles. The molecule has 99 heavy (non-hydrogen) atoms. The molecule has 2 unspecified atom stereocenters. The van der Waals surface area contributed by atoms with Crippen LogP contribution in [0.25, 0.3) is 0 Å². The molecule has 17 nitrogen and oxygen atoms in total. The predicted molar refractivity (Wildman–Crippen MR) is 405 cm³/mol. The van der Waals surface area contributed by atoms with Gasteiger partial charge in [-0.05, 0) is 37.5 Å². The maximum atomic E-state index is 13.1. The SMILES string of the molecule is CCCCCCCCCCCCCCCCCCCCCCC(=O)O[C@H](COC(=O)CCCCCCCCCCCCCCCCC(C)C)COP(=O)(O)OC[C@@H](O)COP(=O)(O)OC[C@@H](COC(=O)CCCCCCCCCCC)OC(=O)CCCCCCCCCCCCC(C)C. The van der Waals surface area contributed by atoms with Crippen LogP contribution in [0.1, 0.15) is 420 Å². The van der Waals surface area contributed by atoms with Crippen molar-refractivity contribution in [1.82, 2.24) is 0 Å². The van der Waals surface area contributed by atoms with Crippen molar-refractivity contribution in [2.24, 2.45) is 11.8 Å². The maximum Gasteiger partial charge on any atom is 0.472 e. The average Bonchev–Trinajstić information content (AvgIpc) is 1.56. The van der Waals surface area contributed by atoms with Gasteiger partial charge < -0.3 is 33.8 Å². The summed E-state index contributed by atoms with van der Waals surface area (Å²) >= 11 is 0. The van der Waals surface area contributed by atoms with Crippen LogP contribution in [0.3, 0.4) is 0 Å². The third-order valence-corrected chi connectivity index (χ3v) is 20.6. The second-order valence-corrected chi connectivity index (χ2v) is 32.7. The molecule has 0 aromatic heterocycles. The minimum absolute atomic E-state index is 0.106. The van der Waals surface area contributed by atoms with Crippen molar-refractivity contribution < 1.29 is 80.2 Å².